The van der Waals surface area contributed by atoms with Crippen molar-refractivity contribution in [3.05, 3.63) is 58.1 Å². The number of thiazole rings is 1. The summed E-state index contributed by atoms with van der Waals surface area (Å²) in [5, 5.41) is 5.16. The minimum absolute atomic E-state index is 0.697. The summed E-state index contributed by atoms with van der Waals surface area (Å²) >= 11 is 7.87. The van der Waals surface area contributed by atoms with E-state index in [1.807, 2.05) is 30.3 Å². The highest BCUT2D eigenvalue weighted by molar-refractivity contribution is 7.18. The van der Waals surface area contributed by atoms with Crippen LogP contribution in [0.2, 0.25) is 5.02 Å². The second kappa shape index (κ2) is 5.19. The molecule has 19 heavy (non-hydrogen) atoms. The molecule has 4 heteroatoms. The number of anilines is 1. The van der Waals surface area contributed by atoms with Crippen molar-refractivity contribution in [3.8, 4) is 0 Å². The standard InChI is InChI=1S/C15H13ClN2S/c1-10-6-7-11(16)13(8-10)17-9-15-18-12-4-2-3-5-14(12)19-15/h2-8,17H,9H2,1H3. The number of fused-ring (bicyclic) bond motifs is 1. The van der Waals surface area contributed by atoms with Crippen molar-refractivity contribution in [2.75, 3.05) is 5.32 Å². The van der Waals surface area contributed by atoms with Crippen molar-refractivity contribution >= 4 is 38.8 Å². The lowest BCUT2D eigenvalue weighted by Crippen LogP contribution is -1.99. The molecule has 1 heterocycles. The first-order valence-corrected chi connectivity index (χ1v) is 7.26. The molecule has 1 N–H and O–H groups in total. The minimum atomic E-state index is 0.697. The molecule has 0 bridgehead atoms. The Morgan fingerprint density at radius 2 is 2.05 bits per heavy atom. The van der Waals surface area contributed by atoms with Crippen LogP contribution in [0.15, 0.2) is 42.5 Å². The first kappa shape index (κ1) is 12.5. The molecule has 0 aliphatic rings. The monoisotopic (exact) mass is 288 g/mol. The molecule has 0 atom stereocenters. The van der Waals surface area contributed by atoms with Crippen molar-refractivity contribution in [2.24, 2.45) is 0 Å². The lowest BCUT2D eigenvalue weighted by Gasteiger charge is -2.07. The summed E-state index contributed by atoms with van der Waals surface area (Å²) in [7, 11) is 0. The van der Waals surface area contributed by atoms with Gasteiger partial charge in [0, 0.05) is 0 Å². The number of nitrogens with zero attached hydrogens (tertiary/aromatic N) is 1. The van der Waals surface area contributed by atoms with Gasteiger partial charge in [-0.05, 0) is 36.8 Å². The van der Waals surface area contributed by atoms with Crippen LogP contribution >= 0.6 is 22.9 Å². The predicted octanol–water partition coefficient (Wildman–Crippen LogP) is 4.87. The fraction of sp³-hybridized carbons (Fsp3) is 0.133. The second-order valence-electron chi connectivity index (χ2n) is 4.41. The summed E-state index contributed by atoms with van der Waals surface area (Å²) < 4.78 is 1.22. The third-order valence-electron chi connectivity index (χ3n) is 2.89. The Kier molecular flexibility index (Phi) is 3.40. The molecule has 0 radical (unpaired) electrons. The zero-order chi connectivity index (χ0) is 13.2. The van der Waals surface area contributed by atoms with Gasteiger partial charge in [-0.25, -0.2) is 4.98 Å². The number of hydrogen-bond donors (Lipinski definition) is 1. The average molecular weight is 289 g/mol. The number of rotatable bonds is 3. The topological polar surface area (TPSA) is 24.9 Å². The maximum absolute atomic E-state index is 6.16. The van der Waals surface area contributed by atoms with Gasteiger partial charge in [0.05, 0.1) is 27.5 Å². The molecule has 0 aliphatic heterocycles. The minimum Gasteiger partial charge on any atom is -0.377 e. The average Bonchev–Trinajstić information content (AvgIpc) is 2.82. The van der Waals surface area contributed by atoms with Crippen LogP contribution in [0.25, 0.3) is 10.2 Å². The molecule has 0 spiro atoms. The van der Waals surface area contributed by atoms with Crippen molar-refractivity contribution in [3.63, 3.8) is 0 Å². The van der Waals surface area contributed by atoms with E-state index in [0.717, 1.165) is 21.2 Å². The predicted molar refractivity (Wildman–Crippen MR) is 83.1 cm³/mol. The van der Waals surface area contributed by atoms with E-state index in [9.17, 15) is 0 Å². The van der Waals surface area contributed by atoms with Crippen LogP contribution in [0.4, 0.5) is 5.69 Å². The van der Waals surface area contributed by atoms with Crippen LogP contribution in [0.1, 0.15) is 10.6 Å². The van der Waals surface area contributed by atoms with Crippen LogP contribution in [0, 0.1) is 6.92 Å². The summed E-state index contributed by atoms with van der Waals surface area (Å²) in [6.07, 6.45) is 0. The van der Waals surface area contributed by atoms with Crippen molar-refractivity contribution in [1.82, 2.24) is 4.98 Å². The number of nitrogens with one attached hydrogen (secondary N) is 1. The maximum Gasteiger partial charge on any atom is 0.113 e. The van der Waals surface area contributed by atoms with Gasteiger partial charge in [-0.3, -0.25) is 0 Å². The highest BCUT2D eigenvalue weighted by atomic mass is 35.5. The molecule has 2 aromatic carbocycles. The number of halogens is 1. The lowest BCUT2D eigenvalue weighted by atomic mass is 10.2. The highest BCUT2D eigenvalue weighted by Gasteiger charge is 2.04. The summed E-state index contributed by atoms with van der Waals surface area (Å²) in [4.78, 5) is 4.59. The Bertz CT molecular complexity index is 688. The molecule has 3 rings (SSSR count). The lowest BCUT2D eigenvalue weighted by molar-refractivity contribution is 1.12. The second-order valence-corrected chi connectivity index (χ2v) is 5.93. The van der Waals surface area contributed by atoms with E-state index in [0.29, 0.717) is 6.54 Å². The Balaban J connectivity index is 1.80. The summed E-state index contributed by atoms with van der Waals surface area (Å²) in [5.41, 5.74) is 3.21. The van der Waals surface area contributed by atoms with Crippen LogP contribution < -0.4 is 5.32 Å². The number of para-hydroxylation sites is 1. The molecule has 96 valence electrons. The first-order valence-electron chi connectivity index (χ1n) is 6.07. The quantitative estimate of drug-likeness (QED) is 0.744. The molecule has 0 saturated carbocycles. The normalized spacial score (nSPS) is 10.8. The van der Waals surface area contributed by atoms with Gasteiger partial charge in [0.2, 0.25) is 0 Å². The van der Waals surface area contributed by atoms with Crippen LogP contribution in [0.3, 0.4) is 0 Å². The van der Waals surface area contributed by atoms with Crippen LogP contribution in [-0.4, -0.2) is 4.98 Å². The maximum atomic E-state index is 6.16. The third-order valence-corrected chi connectivity index (χ3v) is 4.26. The highest BCUT2D eigenvalue weighted by Crippen LogP contribution is 2.25. The summed E-state index contributed by atoms with van der Waals surface area (Å²) in [6, 6.07) is 14.1. The number of aryl methyl sites for hydroxylation is 1. The van der Waals surface area contributed by atoms with Gasteiger partial charge in [0.25, 0.3) is 0 Å². The molecule has 0 unspecified atom stereocenters. The number of aromatic nitrogens is 1. The molecule has 1 aromatic heterocycles. The largest absolute Gasteiger partial charge is 0.377 e. The van der Waals surface area contributed by atoms with E-state index in [2.05, 4.69) is 29.4 Å². The summed E-state index contributed by atoms with van der Waals surface area (Å²) in [5.74, 6) is 0. The first-order chi connectivity index (χ1) is 9.22. The van der Waals surface area contributed by atoms with Gasteiger partial charge in [-0.2, -0.15) is 0 Å². The molecule has 0 fully saturated rings. The van der Waals surface area contributed by atoms with Crippen molar-refractivity contribution < 1.29 is 0 Å². The van der Waals surface area contributed by atoms with Crippen LogP contribution in [0.5, 0.6) is 0 Å². The van der Waals surface area contributed by atoms with E-state index in [4.69, 9.17) is 11.6 Å². The van der Waals surface area contributed by atoms with Gasteiger partial charge in [0.1, 0.15) is 5.01 Å². The van der Waals surface area contributed by atoms with Crippen LogP contribution in [-0.2, 0) is 6.54 Å². The fourth-order valence-corrected chi connectivity index (χ4v) is 3.03. The molecule has 2 nitrogen and oxygen atoms in total. The Hall–Kier alpha value is -1.58. The smallest absolute Gasteiger partial charge is 0.113 e. The number of benzene rings is 2. The van der Waals surface area contributed by atoms with Gasteiger partial charge >= 0.3 is 0 Å². The Labute approximate surface area is 121 Å². The van der Waals surface area contributed by atoms with E-state index >= 15 is 0 Å². The molecular formula is C15H13ClN2S. The van der Waals surface area contributed by atoms with Crippen molar-refractivity contribution in [2.45, 2.75) is 13.5 Å². The molecule has 0 amide bonds. The summed E-state index contributed by atoms with van der Waals surface area (Å²) in [6.45, 7) is 2.75. The SMILES string of the molecule is Cc1ccc(Cl)c(NCc2nc3ccccc3s2)c1. The van der Waals surface area contributed by atoms with Gasteiger partial charge in [0.15, 0.2) is 0 Å². The van der Waals surface area contributed by atoms with E-state index in [1.165, 1.54) is 10.3 Å². The van der Waals surface area contributed by atoms with E-state index < -0.39 is 0 Å². The fourth-order valence-electron chi connectivity index (χ4n) is 1.94. The third kappa shape index (κ3) is 2.72. The van der Waals surface area contributed by atoms with Crippen molar-refractivity contribution in [1.29, 1.82) is 0 Å². The molecule has 3 aromatic rings. The Morgan fingerprint density at radius 3 is 2.89 bits per heavy atom. The zero-order valence-electron chi connectivity index (χ0n) is 10.5. The molecule has 0 saturated heterocycles. The molecular weight excluding hydrogens is 276 g/mol. The number of hydrogen-bond acceptors (Lipinski definition) is 3. The zero-order valence-corrected chi connectivity index (χ0v) is 12.1. The van der Waals surface area contributed by atoms with Gasteiger partial charge in [-0.1, -0.05) is 29.8 Å². The Morgan fingerprint density at radius 1 is 1.21 bits per heavy atom. The van der Waals surface area contributed by atoms with E-state index in [-0.39, 0.29) is 0 Å². The van der Waals surface area contributed by atoms with Gasteiger partial charge in [-0.15, -0.1) is 11.3 Å². The van der Waals surface area contributed by atoms with Gasteiger partial charge < -0.3 is 5.32 Å². The molecule has 0 aliphatic carbocycles. The van der Waals surface area contributed by atoms with E-state index in [1.54, 1.807) is 11.3 Å².